The van der Waals surface area contributed by atoms with Crippen molar-refractivity contribution >= 4 is 0 Å². The predicted molar refractivity (Wildman–Crippen MR) is 103 cm³/mol. The van der Waals surface area contributed by atoms with Crippen molar-refractivity contribution in [1.82, 2.24) is 5.32 Å². The molecule has 0 fully saturated rings. The van der Waals surface area contributed by atoms with Crippen LogP contribution in [0.2, 0.25) is 0 Å². The number of ether oxygens (including phenoxy) is 1. The molecule has 2 aromatic rings. The summed E-state index contributed by atoms with van der Waals surface area (Å²) in [5.74, 6) is 1.01. The lowest BCUT2D eigenvalue weighted by atomic mass is 10.1. The van der Waals surface area contributed by atoms with Crippen LogP contribution < -0.4 is 10.1 Å². The highest BCUT2D eigenvalue weighted by atomic mass is 16.5. The van der Waals surface area contributed by atoms with Gasteiger partial charge in [0.25, 0.3) is 0 Å². The summed E-state index contributed by atoms with van der Waals surface area (Å²) in [5, 5.41) is 3.61. The van der Waals surface area contributed by atoms with Crippen LogP contribution in [0.5, 0.6) is 5.75 Å². The Bertz CT molecular complexity index is 591. The Morgan fingerprint density at radius 3 is 2.46 bits per heavy atom. The monoisotopic (exact) mass is 325 g/mol. The summed E-state index contributed by atoms with van der Waals surface area (Å²) >= 11 is 0. The maximum absolute atomic E-state index is 6.03. The van der Waals surface area contributed by atoms with Crippen molar-refractivity contribution in [2.75, 3.05) is 6.61 Å². The molecule has 2 rings (SSSR count). The van der Waals surface area contributed by atoms with E-state index in [4.69, 9.17) is 4.74 Å². The van der Waals surface area contributed by atoms with Crippen molar-refractivity contribution in [3.63, 3.8) is 0 Å². The van der Waals surface area contributed by atoms with Gasteiger partial charge in [-0.2, -0.15) is 0 Å². The van der Waals surface area contributed by atoms with Gasteiger partial charge in [0, 0.05) is 18.2 Å². The van der Waals surface area contributed by atoms with E-state index in [1.807, 2.05) is 0 Å². The normalized spacial score (nSPS) is 12.1. The Morgan fingerprint density at radius 1 is 0.958 bits per heavy atom. The van der Waals surface area contributed by atoms with E-state index in [-0.39, 0.29) is 6.04 Å². The van der Waals surface area contributed by atoms with Gasteiger partial charge in [-0.05, 0) is 31.9 Å². The van der Waals surface area contributed by atoms with Gasteiger partial charge >= 0.3 is 0 Å². The molecule has 0 heterocycles. The van der Waals surface area contributed by atoms with Gasteiger partial charge in [-0.15, -0.1) is 0 Å². The van der Waals surface area contributed by atoms with E-state index < -0.39 is 0 Å². The van der Waals surface area contributed by atoms with Crippen LogP contribution in [0.1, 0.15) is 62.3 Å². The molecule has 0 bridgehead atoms. The van der Waals surface area contributed by atoms with Crippen LogP contribution in [0.15, 0.2) is 48.5 Å². The molecule has 0 aliphatic carbocycles. The zero-order valence-corrected chi connectivity index (χ0v) is 15.3. The number of unbranched alkanes of at least 4 members (excludes halogenated alkanes) is 3. The van der Waals surface area contributed by atoms with Crippen molar-refractivity contribution in [3.05, 3.63) is 65.2 Å². The molecule has 130 valence electrons. The number of aryl methyl sites for hydroxylation is 1. The molecule has 0 aliphatic rings. The Kier molecular flexibility index (Phi) is 7.84. The zero-order chi connectivity index (χ0) is 17.2. The van der Waals surface area contributed by atoms with Crippen molar-refractivity contribution in [1.29, 1.82) is 0 Å². The minimum Gasteiger partial charge on any atom is -0.493 e. The van der Waals surface area contributed by atoms with E-state index in [1.165, 1.54) is 36.0 Å². The molecule has 0 saturated heterocycles. The Morgan fingerprint density at radius 2 is 1.71 bits per heavy atom. The summed E-state index contributed by atoms with van der Waals surface area (Å²) in [7, 11) is 0. The van der Waals surface area contributed by atoms with Gasteiger partial charge in [0.2, 0.25) is 0 Å². The highest BCUT2D eigenvalue weighted by Gasteiger charge is 2.10. The second-order valence-electron chi connectivity index (χ2n) is 6.54. The van der Waals surface area contributed by atoms with Crippen LogP contribution in [-0.2, 0) is 6.54 Å². The summed E-state index contributed by atoms with van der Waals surface area (Å²) in [5.41, 5.74) is 3.85. The number of para-hydroxylation sites is 1. The van der Waals surface area contributed by atoms with Crippen LogP contribution in [0.4, 0.5) is 0 Å². The first-order valence-electron chi connectivity index (χ1n) is 9.21. The maximum atomic E-state index is 6.03. The van der Waals surface area contributed by atoms with E-state index in [2.05, 4.69) is 74.6 Å². The molecule has 0 aromatic heterocycles. The van der Waals surface area contributed by atoms with Gasteiger partial charge in [0.05, 0.1) is 6.61 Å². The third-order valence-corrected chi connectivity index (χ3v) is 4.37. The lowest BCUT2D eigenvalue weighted by Gasteiger charge is -2.18. The smallest absolute Gasteiger partial charge is 0.124 e. The fourth-order valence-electron chi connectivity index (χ4n) is 2.77. The number of nitrogens with one attached hydrogen (secondary N) is 1. The Balaban J connectivity index is 1.88. The van der Waals surface area contributed by atoms with Crippen LogP contribution in [0.25, 0.3) is 0 Å². The second kappa shape index (κ2) is 10.1. The predicted octanol–water partition coefficient (Wildman–Crippen LogP) is 5.80. The molecular weight excluding hydrogens is 294 g/mol. The summed E-state index contributed by atoms with van der Waals surface area (Å²) in [6.07, 6.45) is 4.93. The molecule has 2 heteroatoms. The van der Waals surface area contributed by atoms with Gasteiger partial charge in [-0.1, -0.05) is 74.2 Å². The molecule has 1 N–H and O–H groups in total. The van der Waals surface area contributed by atoms with Crippen molar-refractivity contribution in [2.45, 2.75) is 59.0 Å². The lowest BCUT2D eigenvalue weighted by molar-refractivity contribution is 0.299. The molecule has 1 unspecified atom stereocenters. The van der Waals surface area contributed by atoms with E-state index >= 15 is 0 Å². The van der Waals surface area contributed by atoms with E-state index in [9.17, 15) is 0 Å². The van der Waals surface area contributed by atoms with Crippen molar-refractivity contribution in [3.8, 4) is 5.75 Å². The molecule has 1 atom stereocenters. The fourth-order valence-corrected chi connectivity index (χ4v) is 2.77. The molecule has 0 aliphatic heterocycles. The average Bonchev–Trinajstić information content (AvgIpc) is 2.61. The number of rotatable bonds is 10. The first kappa shape index (κ1) is 18.5. The molecule has 2 nitrogen and oxygen atoms in total. The highest BCUT2D eigenvalue weighted by Crippen LogP contribution is 2.25. The molecule has 0 spiro atoms. The van der Waals surface area contributed by atoms with Crippen molar-refractivity contribution < 1.29 is 4.74 Å². The number of hydrogen-bond donors (Lipinski definition) is 1. The largest absolute Gasteiger partial charge is 0.493 e. The third-order valence-electron chi connectivity index (χ3n) is 4.37. The minimum absolute atomic E-state index is 0.262. The number of hydrogen-bond acceptors (Lipinski definition) is 2. The van der Waals surface area contributed by atoms with Crippen LogP contribution in [0, 0.1) is 6.92 Å². The van der Waals surface area contributed by atoms with Gasteiger partial charge in [-0.25, -0.2) is 0 Å². The van der Waals surface area contributed by atoms with Gasteiger partial charge < -0.3 is 10.1 Å². The molecule has 24 heavy (non-hydrogen) atoms. The maximum Gasteiger partial charge on any atom is 0.124 e. The van der Waals surface area contributed by atoms with Crippen LogP contribution in [-0.4, -0.2) is 6.61 Å². The standard InChI is InChI=1S/C22H31NO/c1-4-5-6-9-16-24-22-11-8-7-10-21(22)19(3)23-17-20-14-12-18(2)13-15-20/h7-8,10-15,19,23H,4-6,9,16-17H2,1-3H3. The average molecular weight is 325 g/mol. The van der Waals surface area contributed by atoms with Crippen LogP contribution in [0.3, 0.4) is 0 Å². The first-order chi connectivity index (χ1) is 11.7. The number of benzene rings is 2. The molecule has 0 radical (unpaired) electrons. The summed E-state index contributed by atoms with van der Waals surface area (Å²) in [6.45, 7) is 8.23. The van der Waals surface area contributed by atoms with Gasteiger partial charge in [-0.3, -0.25) is 0 Å². The molecule has 0 saturated carbocycles. The van der Waals surface area contributed by atoms with Crippen molar-refractivity contribution in [2.24, 2.45) is 0 Å². The minimum atomic E-state index is 0.262. The summed E-state index contributed by atoms with van der Waals surface area (Å²) in [4.78, 5) is 0. The molecular formula is C22H31NO. The summed E-state index contributed by atoms with van der Waals surface area (Å²) in [6, 6.07) is 17.3. The molecule has 0 amide bonds. The fraction of sp³-hybridized carbons (Fsp3) is 0.455. The Hall–Kier alpha value is -1.80. The third kappa shape index (κ3) is 6.01. The van der Waals surface area contributed by atoms with E-state index in [0.717, 1.165) is 25.3 Å². The zero-order valence-electron chi connectivity index (χ0n) is 15.3. The van der Waals surface area contributed by atoms with E-state index in [1.54, 1.807) is 0 Å². The van der Waals surface area contributed by atoms with E-state index in [0.29, 0.717) is 0 Å². The molecule has 2 aromatic carbocycles. The topological polar surface area (TPSA) is 21.3 Å². The SMILES string of the molecule is CCCCCCOc1ccccc1C(C)NCc1ccc(C)cc1. The first-order valence-corrected chi connectivity index (χ1v) is 9.21. The van der Waals surface area contributed by atoms with Gasteiger partial charge in [0.1, 0.15) is 5.75 Å². The Labute approximate surface area is 147 Å². The van der Waals surface area contributed by atoms with Gasteiger partial charge in [0.15, 0.2) is 0 Å². The lowest BCUT2D eigenvalue weighted by Crippen LogP contribution is -2.19. The quantitative estimate of drug-likeness (QED) is 0.557. The highest BCUT2D eigenvalue weighted by molar-refractivity contribution is 5.35. The second-order valence-corrected chi connectivity index (χ2v) is 6.54. The van der Waals surface area contributed by atoms with Crippen LogP contribution >= 0.6 is 0 Å². The summed E-state index contributed by atoms with van der Waals surface area (Å²) < 4.78 is 6.03.